The maximum atomic E-state index is 12.5. The van der Waals surface area contributed by atoms with Crippen molar-refractivity contribution in [1.29, 1.82) is 0 Å². The van der Waals surface area contributed by atoms with Crippen molar-refractivity contribution >= 4 is 35.4 Å². The van der Waals surface area contributed by atoms with E-state index in [0.29, 0.717) is 13.1 Å². The molecule has 0 saturated heterocycles. The second-order valence-corrected chi connectivity index (χ2v) is 7.96. The Kier molecular flexibility index (Phi) is 14.8. The number of nitrogens with one attached hydrogen (secondary N) is 5. The maximum absolute atomic E-state index is 12.5. The van der Waals surface area contributed by atoms with Crippen LogP contribution in [-0.2, 0) is 28.8 Å². The highest BCUT2D eigenvalue weighted by Crippen LogP contribution is 1.97. The summed E-state index contributed by atoms with van der Waals surface area (Å²) >= 11 is 0. The summed E-state index contributed by atoms with van der Waals surface area (Å²) in [6.07, 6.45) is 0. The van der Waals surface area contributed by atoms with Gasteiger partial charge in [0.1, 0.15) is 24.2 Å². The number of hydrogen-bond donors (Lipinski definition) is 8. The quantitative estimate of drug-likeness (QED) is 0.0941. The van der Waals surface area contributed by atoms with E-state index in [4.69, 9.17) is 17.2 Å². The Bertz CT molecular complexity index is 763. The van der Waals surface area contributed by atoms with E-state index in [1.807, 2.05) is 0 Å². The number of nitrogens with two attached hydrogens (primary N) is 3. The second kappa shape index (κ2) is 16.3. The standard InChI is InChI=1S/C20H39N9O6/c1-11(25-16(31)9-24-7-5-21)17(32)26-12(2)18(33)27-13(3)19(34)28-14(4)20(35)29(8-6-22)10-15(23)30/h11-14,24H,5-10,21-22H2,1-4H3,(H2,23,30)(H,25,31)(H,26,32)(H,27,33)(H,28,34). The molecule has 15 heteroatoms. The minimum Gasteiger partial charge on any atom is -0.368 e. The first-order valence-electron chi connectivity index (χ1n) is 11.2. The first kappa shape index (κ1) is 31.7. The van der Waals surface area contributed by atoms with Crippen LogP contribution in [0, 0.1) is 0 Å². The van der Waals surface area contributed by atoms with Gasteiger partial charge in [-0.2, -0.15) is 0 Å². The molecule has 200 valence electrons. The number of amides is 6. The van der Waals surface area contributed by atoms with Crippen LogP contribution in [0.4, 0.5) is 0 Å². The molecule has 0 aliphatic heterocycles. The van der Waals surface area contributed by atoms with Gasteiger partial charge in [-0.3, -0.25) is 28.8 Å². The van der Waals surface area contributed by atoms with Crippen molar-refractivity contribution in [1.82, 2.24) is 31.5 Å². The molecule has 4 atom stereocenters. The highest BCUT2D eigenvalue weighted by molar-refractivity contribution is 5.95. The van der Waals surface area contributed by atoms with Crippen LogP contribution >= 0.6 is 0 Å². The molecule has 0 aliphatic rings. The molecule has 0 rings (SSSR count). The molecule has 0 aliphatic carbocycles. The van der Waals surface area contributed by atoms with E-state index >= 15 is 0 Å². The van der Waals surface area contributed by atoms with Gasteiger partial charge in [0.15, 0.2) is 0 Å². The van der Waals surface area contributed by atoms with Crippen LogP contribution in [0.3, 0.4) is 0 Å². The molecule has 0 aromatic rings. The zero-order valence-electron chi connectivity index (χ0n) is 20.7. The first-order valence-corrected chi connectivity index (χ1v) is 11.2. The van der Waals surface area contributed by atoms with E-state index in [2.05, 4.69) is 26.6 Å². The predicted molar refractivity (Wildman–Crippen MR) is 127 cm³/mol. The summed E-state index contributed by atoms with van der Waals surface area (Å²) in [4.78, 5) is 73.6. The molecular weight excluding hydrogens is 462 g/mol. The van der Waals surface area contributed by atoms with E-state index in [9.17, 15) is 28.8 Å². The van der Waals surface area contributed by atoms with Crippen LogP contribution in [0.15, 0.2) is 0 Å². The van der Waals surface area contributed by atoms with E-state index in [1.54, 1.807) is 0 Å². The molecule has 0 saturated carbocycles. The van der Waals surface area contributed by atoms with Crippen molar-refractivity contribution in [2.24, 2.45) is 17.2 Å². The van der Waals surface area contributed by atoms with E-state index in [0.717, 1.165) is 4.90 Å². The molecular formula is C20H39N9O6. The minimum atomic E-state index is -1.04. The van der Waals surface area contributed by atoms with Crippen molar-refractivity contribution in [2.45, 2.75) is 51.9 Å². The first-order chi connectivity index (χ1) is 16.3. The van der Waals surface area contributed by atoms with Crippen LogP contribution in [0.5, 0.6) is 0 Å². The van der Waals surface area contributed by atoms with E-state index in [-0.39, 0.29) is 26.2 Å². The van der Waals surface area contributed by atoms with Gasteiger partial charge in [0.05, 0.1) is 13.1 Å². The summed E-state index contributed by atoms with van der Waals surface area (Å²) in [5.41, 5.74) is 15.9. The molecule has 0 radical (unpaired) electrons. The average Bonchev–Trinajstić information content (AvgIpc) is 2.77. The number of nitrogens with zero attached hydrogens (tertiary/aromatic N) is 1. The largest absolute Gasteiger partial charge is 0.368 e. The van der Waals surface area contributed by atoms with Crippen molar-refractivity contribution in [3.8, 4) is 0 Å². The van der Waals surface area contributed by atoms with Gasteiger partial charge in [0.25, 0.3) is 0 Å². The van der Waals surface area contributed by atoms with Crippen LogP contribution in [0.1, 0.15) is 27.7 Å². The van der Waals surface area contributed by atoms with E-state index in [1.165, 1.54) is 27.7 Å². The lowest BCUT2D eigenvalue weighted by Crippen LogP contribution is -2.57. The third-order valence-electron chi connectivity index (χ3n) is 4.67. The zero-order valence-corrected chi connectivity index (χ0v) is 20.7. The Morgan fingerprint density at radius 1 is 0.714 bits per heavy atom. The summed E-state index contributed by atoms with van der Waals surface area (Å²) < 4.78 is 0. The predicted octanol–water partition coefficient (Wildman–Crippen LogP) is -5.17. The minimum absolute atomic E-state index is 0.00900. The number of hydrogen-bond acceptors (Lipinski definition) is 9. The summed E-state index contributed by atoms with van der Waals surface area (Å²) in [5.74, 6) is -3.59. The van der Waals surface area contributed by atoms with Crippen molar-refractivity contribution in [3.05, 3.63) is 0 Å². The third kappa shape index (κ3) is 12.7. The number of carbonyl (C=O) groups is 6. The molecule has 35 heavy (non-hydrogen) atoms. The van der Waals surface area contributed by atoms with Gasteiger partial charge in [-0.05, 0) is 27.7 Å². The molecule has 0 fully saturated rings. The summed E-state index contributed by atoms with van der Waals surface area (Å²) in [5, 5.41) is 12.6. The van der Waals surface area contributed by atoms with Gasteiger partial charge in [-0.1, -0.05) is 0 Å². The van der Waals surface area contributed by atoms with Gasteiger partial charge in [0.2, 0.25) is 35.4 Å². The Balaban J connectivity index is 4.71. The SMILES string of the molecule is CC(NC(=O)CNCCN)C(=O)NC(C)C(=O)NC(C)C(=O)NC(C)C(=O)N(CCN)CC(N)=O. The fraction of sp³-hybridized carbons (Fsp3) is 0.700. The van der Waals surface area contributed by atoms with Crippen molar-refractivity contribution < 1.29 is 28.8 Å². The van der Waals surface area contributed by atoms with Gasteiger partial charge in [-0.25, -0.2) is 0 Å². The molecule has 0 heterocycles. The molecule has 0 aromatic heterocycles. The lowest BCUT2D eigenvalue weighted by atomic mass is 10.2. The summed E-state index contributed by atoms with van der Waals surface area (Å²) in [7, 11) is 0. The Morgan fingerprint density at radius 2 is 1.17 bits per heavy atom. The lowest BCUT2D eigenvalue weighted by molar-refractivity contribution is -0.139. The molecule has 0 spiro atoms. The van der Waals surface area contributed by atoms with Crippen molar-refractivity contribution in [3.63, 3.8) is 0 Å². The fourth-order valence-electron chi connectivity index (χ4n) is 2.76. The topological polar surface area (TPSA) is 244 Å². The van der Waals surface area contributed by atoms with Crippen LogP contribution in [-0.4, -0.2) is 104 Å². The normalized spacial score (nSPS) is 14.0. The number of rotatable bonds is 16. The third-order valence-corrected chi connectivity index (χ3v) is 4.67. The zero-order chi connectivity index (χ0) is 27.1. The monoisotopic (exact) mass is 501 g/mol. The Morgan fingerprint density at radius 3 is 1.60 bits per heavy atom. The van der Waals surface area contributed by atoms with E-state index < -0.39 is 59.6 Å². The Hall–Kier alpha value is -3.30. The molecule has 6 amide bonds. The Labute approximate surface area is 204 Å². The summed E-state index contributed by atoms with van der Waals surface area (Å²) in [6, 6.07) is -3.96. The van der Waals surface area contributed by atoms with Crippen LogP contribution in [0.25, 0.3) is 0 Å². The smallest absolute Gasteiger partial charge is 0.245 e. The summed E-state index contributed by atoms with van der Waals surface area (Å²) in [6.45, 7) is 6.33. The van der Waals surface area contributed by atoms with Crippen molar-refractivity contribution in [2.75, 3.05) is 39.3 Å². The molecule has 0 bridgehead atoms. The highest BCUT2D eigenvalue weighted by atomic mass is 16.2. The van der Waals surface area contributed by atoms with Gasteiger partial charge in [-0.15, -0.1) is 0 Å². The van der Waals surface area contributed by atoms with Gasteiger partial charge in [0, 0.05) is 26.2 Å². The highest BCUT2D eigenvalue weighted by Gasteiger charge is 2.27. The van der Waals surface area contributed by atoms with Gasteiger partial charge >= 0.3 is 0 Å². The average molecular weight is 502 g/mol. The van der Waals surface area contributed by atoms with Crippen LogP contribution in [0.2, 0.25) is 0 Å². The van der Waals surface area contributed by atoms with Gasteiger partial charge < -0.3 is 48.7 Å². The molecule has 15 nitrogen and oxygen atoms in total. The lowest BCUT2D eigenvalue weighted by Gasteiger charge is -2.26. The van der Waals surface area contributed by atoms with Crippen LogP contribution < -0.4 is 43.8 Å². The fourth-order valence-corrected chi connectivity index (χ4v) is 2.76. The number of carbonyl (C=O) groups excluding carboxylic acids is 6. The molecule has 4 unspecified atom stereocenters. The number of primary amides is 1. The second-order valence-electron chi connectivity index (χ2n) is 7.96. The molecule has 0 aromatic carbocycles. The molecule has 11 N–H and O–H groups in total. The maximum Gasteiger partial charge on any atom is 0.245 e.